The van der Waals surface area contributed by atoms with Gasteiger partial charge in [0.1, 0.15) is 5.82 Å². The van der Waals surface area contributed by atoms with Gasteiger partial charge in [0.2, 0.25) is 0 Å². The maximum absolute atomic E-state index is 13.7. The maximum Gasteiger partial charge on any atom is 0.264 e. The van der Waals surface area contributed by atoms with Gasteiger partial charge in [-0.05, 0) is 18.2 Å². The van der Waals surface area contributed by atoms with Gasteiger partial charge in [0.25, 0.3) is 5.91 Å². The number of benzene rings is 1. The summed E-state index contributed by atoms with van der Waals surface area (Å²) in [6.07, 6.45) is 3.60. The van der Waals surface area contributed by atoms with Crippen LogP contribution < -0.4 is 0 Å². The zero-order valence-corrected chi connectivity index (χ0v) is 12.5. The number of rotatable bonds is 3. The summed E-state index contributed by atoms with van der Waals surface area (Å²) in [5.74, 6) is -0.405. The van der Waals surface area contributed by atoms with E-state index < -0.39 is 0 Å². The Morgan fingerprint density at radius 3 is 2.95 bits per heavy atom. The second kappa shape index (κ2) is 5.29. The van der Waals surface area contributed by atoms with E-state index in [2.05, 4.69) is 5.10 Å². The van der Waals surface area contributed by atoms with Crippen molar-refractivity contribution in [2.24, 2.45) is 7.05 Å². The third-order valence-electron chi connectivity index (χ3n) is 3.24. The van der Waals surface area contributed by atoms with Crippen molar-refractivity contribution in [3.8, 4) is 0 Å². The van der Waals surface area contributed by atoms with Crippen molar-refractivity contribution >= 4 is 27.3 Å². The molecule has 1 aromatic carbocycles. The first-order valence-electron chi connectivity index (χ1n) is 6.45. The molecular formula is C15H14FN3OS. The lowest BCUT2D eigenvalue weighted by molar-refractivity contribution is 0.0790. The Labute approximate surface area is 125 Å². The average Bonchev–Trinajstić information content (AvgIpc) is 3.05. The van der Waals surface area contributed by atoms with Gasteiger partial charge in [-0.3, -0.25) is 9.48 Å². The molecule has 0 bridgehead atoms. The van der Waals surface area contributed by atoms with Gasteiger partial charge in [0.05, 0.1) is 11.1 Å². The van der Waals surface area contributed by atoms with Crippen molar-refractivity contribution in [2.75, 3.05) is 7.05 Å². The summed E-state index contributed by atoms with van der Waals surface area (Å²) in [6, 6.07) is 6.50. The molecule has 0 aliphatic rings. The lowest BCUT2D eigenvalue weighted by Gasteiger charge is -2.14. The molecule has 0 N–H and O–H groups in total. The Morgan fingerprint density at radius 2 is 2.29 bits per heavy atom. The lowest BCUT2D eigenvalue weighted by atomic mass is 10.2. The predicted molar refractivity (Wildman–Crippen MR) is 80.8 cm³/mol. The molecule has 1 amide bonds. The van der Waals surface area contributed by atoms with E-state index in [1.807, 2.05) is 19.3 Å². The molecule has 2 heterocycles. The van der Waals surface area contributed by atoms with Crippen LogP contribution in [0.1, 0.15) is 15.2 Å². The Hall–Kier alpha value is -2.21. The second-order valence-corrected chi connectivity index (χ2v) is 6.03. The van der Waals surface area contributed by atoms with E-state index in [4.69, 9.17) is 0 Å². The highest BCUT2D eigenvalue weighted by molar-refractivity contribution is 7.20. The molecule has 0 spiro atoms. The number of carbonyl (C=O) groups is 1. The van der Waals surface area contributed by atoms with Crippen molar-refractivity contribution in [3.63, 3.8) is 0 Å². The van der Waals surface area contributed by atoms with E-state index in [1.54, 1.807) is 35.0 Å². The first kappa shape index (κ1) is 13.8. The Morgan fingerprint density at radius 1 is 1.48 bits per heavy atom. The molecule has 108 valence electrons. The SMILES string of the molecule is CN(Cc1cnn(C)c1)C(=O)c1cc2c(F)cccc2s1. The molecule has 21 heavy (non-hydrogen) atoms. The van der Waals surface area contributed by atoms with Crippen LogP contribution in [0.3, 0.4) is 0 Å². The highest BCUT2D eigenvalue weighted by Crippen LogP contribution is 2.28. The number of thiophene rings is 1. The summed E-state index contributed by atoms with van der Waals surface area (Å²) in [4.78, 5) is 14.6. The highest BCUT2D eigenvalue weighted by atomic mass is 32.1. The van der Waals surface area contributed by atoms with Gasteiger partial charge in [-0.25, -0.2) is 4.39 Å². The Kier molecular flexibility index (Phi) is 3.47. The van der Waals surface area contributed by atoms with Gasteiger partial charge < -0.3 is 4.90 Å². The number of aromatic nitrogens is 2. The molecule has 0 aliphatic carbocycles. The third-order valence-corrected chi connectivity index (χ3v) is 4.33. The molecule has 0 unspecified atom stereocenters. The van der Waals surface area contributed by atoms with E-state index >= 15 is 0 Å². The number of hydrogen-bond donors (Lipinski definition) is 0. The standard InChI is InChI=1S/C15H14FN3OS/c1-18(8-10-7-17-19(2)9-10)15(20)14-6-11-12(16)4-3-5-13(11)21-14/h3-7,9H,8H2,1-2H3. The predicted octanol–water partition coefficient (Wildman–Crippen LogP) is 3.05. The molecule has 0 radical (unpaired) electrons. The highest BCUT2D eigenvalue weighted by Gasteiger charge is 2.16. The molecule has 0 saturated carbocycles. The van der Waals surface area contributed by atoms with Crippen LogP contribution >= 0.6 is 11.3 Å². The van der Waals surface area contributed by atoms with Gasteiger partial charge in [-0.1, -0.05) is 6.07 Å². The normalized spacial score (nSPS) is 11.0. The van der Waals surface area contributed by atoms with Crippen LogP contribution in [0.2, 0.25) is 0 Å². The van der Waals surface area contributed by atoms with Crippen molar-refractivity contribution in [1.29, 1.82) is 0 Å². The molecule has 0 atom stereocenters. The zero-order chi connectivity index (χ0) is 15.0. The molecule has 3 rings (SSSR count). The zero-order valence-electron chi connectivity index (χ0n) is 11.7. The van der Waals surface area contributed by atoms with Gasteiger partial charge in [-0.2, -0.15) is 5.10 Å². The minimum Gasteiger partial charge on any atom is -0.337 e. The maximum atomic E-state index is 13.7. The summed E-state index contributed by atoms with van der Waals surface area (Å²) in [5, 5.41) is 4.58. The minimum atomic E-state index is -0.294. The van der Waals surface area contributed by atoms with Crippen LogP contribution in [0.5, 0.6) is 0 Å². The van der Waals surface area contributed by atoms with E-state index in [0.29, 0.717) is 16.8 Å². The topological polar surface area (TPSA) is 38.1 Å². The fourth-order valence-corrected chi connectivity index (χ4v) is 3.29. The number of fused-ring (bicyclic) bond motifs is 1. The number of nitrogens with zero attached hydrogens (tertiary/aromatic N) is 3. The molecule has 2 aromatic heterocycles. The van der Waals surface area contributed by atoms with Gasteiger partial charge in [0.15, 0.2) is 0 Å². The fourth-order valence-electron chi connectivity index (χ4n) is 2.22. The first-order valence-corrected chi connectivity index (χ1v) is 7.27. The number of halogens is 1. The van der Waals surface area contributed by atoms with Crippen molar-refractivity contribution in [1.82, 2.24) is 14.7 Å². The van der Waals surface area contributed by atoms with Crippen molar-refractivity contribution in [3.05, 3.63) is 52.9 Å². The van der Waals surface area contributed by atoms with E-state index in [1.165, 1.54) is 17.4 Å². The summed E-state index contributed by atoms with van der Waals surface area (Å²) in [7, 11) is 3.57. The number of aryl methyl sites for hydroxylation is 1. The largest absolute Gasteiger partial charge is 0.337 e. The van der Waals surface area contributed by atoms with Crippen LogP contribution in [-0.2, 0) is 13.6 Å². The minimum absolute atomic E-state index is 0.112. The first-order chi connectivity index (χ1) is 10.0. The van der Waals surface area contributed by atoms with Crippen LogP contribution in [0.25, 0.3) is 10.1 Å². The van der Waals surface area contributed by atoms with Gasteiger partial charge >= 0.3 is 0 Å². The van der Waals surface area contributed by atoms with Crippen LogP contribution in [0, 0.1) is 5.82 Å². The fraction of sp³-hybridized carbons (Fsp3) is 0.200. The van der Waals surface area contributed by atoms with Crippen LogP contribution in [0.15, 0.2) is 36.7 Å². The molecule has 6 heteroatoms. The third kappa shape index (κ3) is 2.67. The molecule has 0 aliphatic heterocycles. The van der Waals surface area contributed by atoms with Gasteiger partial charge in [-0.15, -0.1) is 11.3 Å². The summed E-state index contributed by atoms with van der Waals surface area (Å²) in [6.45, 7) is 0.476. The number of hydrogen-bond acceptors (Lipinski definition) is 3. The summed E-state index contributed by atoms with van der Waals surface area (Å²) < 4.78 is 16.2. The van der Waals surface area contributed by atoms with E-state index in [0.717, 1.165) is 10.3 Å². The Balaban J connectivity index is 1.84. The summed E-state index contributed by atoms with van der Waals surface area (Å²) >= 11 is 1.31. The number of amides is 1. The summed E-state index contributed by atoms with van der Waals surface area (Å²) in [5.41, 5.74) is 0.959. The smallest absolute Gasteiger partial charge is 0.264 e. The van der Waals surface area contributed by atoms with Crippen molar-refractivity contribution < 1.29 is 9.18 Å². The molecule has 0 saturated heterocycles. The number of carbonyl (C=O) groups excluding carboxylic acids is 1. The molecule has 4 nitrogen and oxygen atoms in total. The van der Waals surface area contributed by atoms with Crippen LogP contribution in [-0.4, -0.2) is 27.6 Å². The van der Waals surface area contributed by atoms with Gasteiger partial charge in [0, 0.05) is 42.5 Å². The molecular weight excluding hydrogens is 289 g/mol. The monoisotopic (exact) mass is 303 g/mol. The van der Waals surface area contributed by atoms with E-state index in [-0.39, 0.29) is 11.7 Å². The quantitative estimate of drug-likeness (QED) is 0.746. The molecule has 3 aromatic rings. The lowest BCUT2D eigenvalue weighted by Crippen LogP contribution is -2.25. The second-order valence-electron chi connectivity index (χ2n) is 4.95. The van der Waals surface area contributed by atoms with E-state index in [9.17, 15) is 9.18 Å². The Bertz CT molecular complexity index is 808. The molecule has 0 fully saturated rings. The van der Waals surface area contributed by atoms with Crippen LogP contribution in [0.4, 0.5) is 4.39 Å². The average molecular weight is 303 g/mol. The van der Waals surface area contributed by atoms with Crippen molar-refractivity contribution in [2.45, 2.75) is 6.54 Å².